The van der Waals surface area contributed by atoms with E-state index in [0.29, 0.717) is 30.4 Å². The van der Waals surface area contributed by atoms with Crippen LogP contribution in [-0.4, -0.2) is 41.3 Å². The number of hydrogen-bond donors (Lipinski definition) is 0. The number of rotatable bonds is 5. The molecule has 9 heteroatoms. The lowest BCUT2D eigenvalue weighted by molar-refractivity contribution is 0.0526. The third-order valence-electron chi connectivity index (χ3n) is 3.98. The minimum absolute atomic E-state index is 0.0554. The first-order valence-corrected chi connectivity index (χ1v) is 10.0. The molecule has 1 aliphatic heterocycles. The fraction of sp³-hybridized carbons (Fsp3) is 0.278. The van der Waals surface area contributed by atoms with Crippen molar-refractivity contribution in [2.45, 2.75) is 11.8 Å². The van der Waals surface area contributed by atoms with E-state index in [1.165, 1.54) is 37.4 Å². The standard InChI is InChI=1S/C18H18ClNO6S/c1-3-24-18(21)14-6-4-12(10-15(14)19)20(2)27(22,23)13-5-7-16-17(11-13)26-9-8-25-16/h4-7,10-11H,3,8-9H2,1-2H3. The Morgan fingerprint density at radius 3 is 2.52 bits per heavy atom. The van der Waals surface area contributed by atoms with E-state index >= 15 is 0 Å². The minimum atomic E-state index is -3.86. The van der Waals surface area contributed by atoms with Crippen molar-refractivity contribution in [3.63, 3.8) is 0 Å². The predicted molar refractivity (Wildman–Crippen MR) is 100 cm³/mol. The Bertz CT molecular complexity index is 976. The van der Waals surface area contributed by atoms with Crippen molar-refractivity contribution in [1.29, 1.82) is 0 Å². The van der Waals surface area contributed by atoms with Crippen LogP contribution in [0.3, 0.4) is 0 Å². The third kappa shape index (κ3) is 3.81. The monoisotopic (exact) mass is 411 g/mol. The highest BCUT2D eigenvalue weighted by Gasteiger charge is 2.25. The molecule has 0 fully saturated rings. The SMILES string of the molecule is CCOC(=O)c1ccc(N(C)S(=O)(=O)c2ccc3c(c2)OCCO3)cc1Cl. The Kier molecular flexibility index (Phi) is 5.48. The molecule has 1 aliphatic rings. The highest BCUT2D eigenvalue weighted by molar-refractivity contribution is 7.92. The van der Waals surface area contributed by atoms with Gasteiger partial charge in [-0.05, 0) is 37.3 Å². The first-order chi connectivity index (χ1) is 12.8. The number of anilines is 1. The summed E-state index contributed by atoms with van der Waals surface area (Å²) in [7, 11) is -2.46. The van der Waals surface area contributed by atoms with Crippen LogP contribution < -0.4 is 13.8 Å². The van der Waals surface area contributed by atoms with Gasteiger partial charge in [-0.1, -0.05) is 11.6 Å². The molecule has 0 saturated carbocycles. The lowest BCUT2D eigenvalue weighted by Gasteiger charge is -2.22. The van der Waals surface area contributed by atoms with Gasteiger partial charge in [0.2, 0.25) is 0 Å². The van der Waals surface area contributed by atoms with Gasteiger partial charge in [-0.3, -0.25) is 4.31 Å². The van der Waals surface area contributed by atoms with Crippen molar-refractivity contribution in [3.8, 4) is 11.5 Å². The summed E-state index contributed by atoms with van der Waals surface area (Å²) in [5.41, 5.74) is 0.482. The van der Waals surface area contributed by atoms with E-state index in [2.05, 4.69) is 0 Å². The minimum Gasteiger partial charge on any atom is -0.486 e. The topological polar surface area (TPSA) is 82.1 Å². The molecule has 0 atom stereocenters. The molecule has 27 heavy (non-hydrogen) atoms. The van der Waals surface area contributed by atoms with Crippen LogP contribution in [0.5, 0.6) is 11.5 Å². The number of halogens is 1. The number of nitrogens with zero attached hydrogens (tertiary/aromatic N) is 1. The first-order valence-electron chi connectivity index (χ1n) is 8.20. The summed E-state index contributed by atoms with van der Waals surface area (Å²) < 4.78 is 42.8. The third-order valence-corrected chi connectivity index (χ3v) is 6.08. The summed E-state index contributed by atoms with van der Waals surface area (Å²) in [5.74, 6) is 0.322. The van der Waals surface area contributed by atoms with Crippen LogP contribution in [0.25, 0.3) is 0 Å². The molecule has 0 aromatic heterocycles. The molecule has 0 unspecified atom stereocenters. The van der Waals surface area contributed by atoms with Crippen molar-refractivity contribution >= 4 is 33.3 Å². The average molecular weight is 412 g/mol. The Hall–Kier alpha value is -2.45. The van der Waals surface area contributed by atoms with E-state index in [1.807, 2.05) is 0 Å². The molecule has 1 heterocycles. The molecule has 144 valence electrons. The Morgan fingerprint density at radius 1 is 1.15 bits per heavy atom. The number of sulfonamides is 1. The summed E-state index contributed by atoms with van der Waals surface area (Å²) >= 11 is 6.14. The number of fused-ring (bicyclic) bond motifs is 1. The highest BCUT2D eigenvalue weighted by atomic mass is 35.5. The molecule has 3 rings (SSSR count). The normalized spacial score (nSPS) is 13.1. The molecule has 7 nitrogen and oxygen atoms in total. The average Bonchev–Trinajstić information content (AvgIpc) is 2.67. The number of ether oxygens (including phenoxy) is 3. The van der Waals surface area contributed by atoms with Gasteiger partial charge in [-0.15, -0.1) is 0 Å². The van der Waals surface area contributed by atoms with Gasteiger partial charge in [0, 0.05) is 13.1 Å². The van der Waals surface area contributed by atoms with Crippen molar-refractivity contribution < 1.29 is 27.4 Å². The van der Waals surface area contributed by atoms with Crippen molar-refractivity contribution in [3.05, 3.63) is 47.0 Å². The predicted octanol–water partition coefficient (Wildman–Crippen LogP) is 3.11. The van der Waals surface area contributed by atoms with Gasteiger partial charge < -0.3 is 14.2 Å². The highest BCUT2D eigenvalue weighted by Crippen LogP contribution is 2.34. The molecule has 0 N–H and O–H groups in total. The lowest BCUT2D eigenvalue weighted by atomic mass is 10.2. The van der Waals surface area contributed by atoms with E-state index < -0.39 is 16.0 Å². The van der Waals surface area contributed by atoms with Gasteiger partial charge in [-0.2, -0.15) is 0 Å². The number of carbonyl (C=O) groups excluding carboxylic acids is 1. The first kappa shape index (κ1) is 19.3. The van der Waals surface area contributed by atoms with Crippen molar-refractivity contribution in [1.82, 2.24) is 0 Å². The smallest absolute Gasteiger partial charge is 0.339 e. The van der Waals surface area contributed by atoms with E-state index in [-0.39, 0.29) is 22.1 Å². The lowest BCUT2D eigenvalue weighted by Crippen LogP contribution is -2.27. The summed E-state index contributed by atoms with van der Waals surface area (Å²) in [5, 5.41) is 0.107. The molecule has 2 aromatic carbocycles. The summed E-state index contributed by atoms with van der Waals surface area (Å²) in [4.78, 5) is 11.9. The molecular weight excluding hydrogens is 394 g/mol. The zero-order valence-electron chi connectivity index (χ0n) is 14.8. The maximum Gasteiger partial charge on any atom is 0.339 e. The summed E-state index contributed by atoms with van der Waals surface area (Å²) in [6, 6.07) is 8.78. The van der Waals surface area contributed by atoms with E-state index in [0.717, 1.165) is 4.31 Å². The van der Waals surface area contributed by atoms with Gasteiger partial charge in [0.1, 0.15) is 13.2 Å². The molecule has 0 spiro atoms. The molecule has 2 aromatic rings. The number of esters is 1. The second kappa shape index (κ2) is 7.66. The van der Waals surface area contributed by atoms with Crippen LogP contribution in [0, 0.1) is 0 Å². The summed E-state index contributed by atoms with van der Waals surface area (Å²) in [6.45, 7) is 2.69. The van der Waals surface area contributed by atoms with Gasteiger partial charge in [0.25, 0.3) is 10.0 Å². The van der Waals surface area contributed by atoms with E-state index in [4.69, 9.17) is 25.8 Å². The van der Waals surface area contributed by atoms with Crippen LogP contribution in [0.15, 0.2) is 41.3 Å². The largest absolute Gasteiger partial charge is 0.486 e. The quantitative estimate of drug-likeness (QED) is 0.703. The van der Waals surface area contributed by atoms with Crippen molar-refractivity contribution in [2.24, 2.45) is 0 Å². The molecule has 0 bridgehead atoms. The van der Waals surface area contributed by atoms with E-state index in [1.54, 1.807) is 13.0 Å². The van der Waals surface area contributed by atoms with Crippen molar-refractivity contribution in [2.75, 3.05) is 31.2 Å². The van der Waals surface area contributed by atoms with Gasteiger partial charge in [-0.25, -0.2) is 13.2 Å². The van der Waals surface area contributed by atoms with Gasteiger partial charge in [0.15, 0.2) is 11.5 Å². The molecule has 0 amide bonds. The van der Waals surface area contributed by atoms with Crippen LogP contribution in [-0.2, 0) is 14.8 Å². The fourth-order valence-corrected chi connectivity index (χ4v) is 4.01. The molecular formula is C18H18ClNO6S. The second-order valence-electron chi connectivity index (χ2n) is 5.66. The second-order valence-corrected chi connectivity index (χ2v) is 8.04. The summed E-state index contributed by atoms with van der Waals surface area (Å²) in [6.07, 6.45) is 0. The van der Waals surface area contributed by atoms with Crippen LogP contribution in [0.4, 0.5) is 5.69 Å². The Morgan fingerprint density at radius 2 is 1.85 bits per heavy atom. The maximum atomic E-state index is 12.9. The molecule has 0 radical (unpaired) electrons. The zero-order chi connectivity index (χ0) is 19.6. The van der Waals surface area contributed by atoms with Crippen LogP contribution >= 0.6 is 11.6 Å². The maximum absolute atomic E-state index is 12.9. The van der Waals surface area contributed by atoms with Gasteiger partial charge in [0.05, 0.1) is 27.8 Å². The fourth-order valence-electron chi connectivity index (χ4n) is 2.56. The number of carbonyl (C=O) groups is 1. The Labute approximate surface area is 162 Å². The molecule has 0 saturated heterocycles. The van der Waals surface area contributed by atoms with Gasteiger partial charge >= 0.3 is 5.97 Å². The Balaban J connectivity index is 1.91. The van der Waals surface area contributed by atoms with Crippen LogP contribution in [0.1, 0.15) is 17.3 Å². The van der Waals surface area contributed by atoms with Crippen LogP contribution in [0.2, 0.25) is 5.02 Å². The van der Waals surface area contributed by atoms with E-state index in [9.17, 15) is 13.2 Å². The number of hydrogen-bond acceptors (Lipinski definition) is 6. The number of benzene rings is 2. The zero-order valence-corrected chi connectivity index (χ0v) is 16.3. The molecule has 0 aliphatic carbocycles.